The van der Waals surface area contributed by atoms with Gasteiger partial charge in [-0.2, -0.15) is 11.8 Å². The van der Waals surface area contributed by atoms with Crippen molar-refractivity contribution in [2.45, 2.75) is 13.0 Å². The van der Waals surface area contributed by atoms with Crippen LogP contribution in [-0.2, 0) is 0 Å². The average molecular weight is 268 g/mol. The quantitative estimate of drug-likeness (QED) is 0.785. The molecule has 0 aromatic heterocycles. The van der Waals surface area contributed by atoms with Crippen molar-refractivity contribution < 1.29 is 4.74 Å². The zero-order valence-electron chi connectivity index (χ0n) is 11.6. The molecule has 1 rings (SSSR count). The Kier molecular flexibility index (Phi) is 7.16. The minimum Gasteiger partial charge on any atom is -0.494 e. The van der Waals surface area contributed by atoms with Crippen molar-refractivity contribution in [1.82, 2.24) is 4.90 Å². The molecule has 1 aromatic carbocycles. The fourth-order valence-corrected chi connectivity index (χ4v) is 2.45. The second-order valence-electron chi connectivity index (χ2n) is 4.20. The summed E-state index contributed by atoms with van der Waals surface area (Å²) in [5.74, 6) is 2.07. The van der Waals surface area contributed by atoms with Crippen molar-refractivity contribution in [2.75, 3.05) is 38.8 Å². The highest BCUT2D eigenvalue weighted by Gasteiger charge is 2.18. The summed E-state index contributed by atoms with van der Waals surface area (Å²) in [5.41, 5.74) is 7.12. The van der Waals surface area contributed by atoms with Gasteiger partial charge in [-0.3, -0.25) is 4.90 Å². The molecule has 1 unspecified atom stereocenters. The standard InChI is InChI=1S/C14H24N2OS/c1-4-17-14-8-6-5-7-12(14)13(11-15)16(2)9-10-18-3/h5-8,13H,4,9-11,15H2,1-3H3. The van der Waals surface area contributed by atoms with Crippen LogP contribution in [0.25, 0.3) is 0 Å². The Hall–Kier alpha value is -0.710. The van der Waals surface area contributed by atoms with E-state index < -0.39 is 0 Å². The van der Waals surface area contributed by atoms with E-state index in [1.807, 2.05) is 36.9 Å². The van der Waals surface area contributed by atoms with E-state index in [9.17, 15) is 0 Å². The molecule has 1 atom stereocenters. The Balaban J connectivity index is 2.86. The van der Waals surface area contributed by atoms with Crippen LogP contribution >= 0.6 is 11.8 Å². The molecule has 3 nitrogen and oxygen atoms in total. The van der Waals surface area contributed by atoms with Crippen LogP contribution in [0.4, 0.5) is 0 Å². The maximum atomic E-state index is 5.94. The Morgan fingerprint density at radius 1 is 1.39 bits per heavy atom. The van der Waals surface area contributed by atoms with Crippen LogP contribution in [0.2, 0.25) is 0 Å². The summed E-state index contributed by atoms with van der Waals surface area (Å²) in [6.07, 6.45) is 2.12. The third-order valence-electron chi connectivity index (χ3n) is 2.98. The van der Waals surface area contributed by atoms with E-state index >= 15 is 0 Å². The molecule has 0 aliphatic rings. The van der Waals surface area contributed by atoms with Crippen LogP contribution in [0.1, 0.15) is 18.5 Å². The molecule has 102 valence electrons. The number of ether oxygens (including phenoxy) is 1. The third kappa shape index (κ3) is 4.19. The van der Waals surface area contributed by atoms with E-state index in [1.54, 1.807) is 0 Å². The number of rotatable bonds is 8. The summed E-state index contributed by atoms with van der Waals surface area (Å²) >= 11 is 1.85. The van der Waals surface area contributed by atoms with Crippen molar-refractivity contribution in [3.05, 3.63) is 29.8 Å². The molecule has 0 saturated carbocycles. The summed E-state index contributed by atoms with van der Waals surface area (Å²) in [5, 5.41) is 0. The van der Waals surface area contributed by atoms with Crippen LogP contribution in [0.5, 0.6) is 5.75 Å². The Morgan fingerprint density at radius 2 is 2.11 bits per heavy atom. The lowest BCUT2D eigenvalue weighted by Gasteiger charge is -2.28. The third-order valence-corrected chi connectivity index (χ3v) is 3.57. The molecule has 0 bridgehead atoms. The summed E-state index contributed by atoms with van der Waals surface area (Å²) < 4.78 is 5.69. The van der Waals surface area contributed by atoms with E-state index in [4.69, 9.17) is 10.5 Å². The van der Waals surface area contributed by atoms with Gasteiger partial charge in [0.25, 0.3) is 0 Å². The molecule has 1 aromatic rings. The van der Waals surface area contributed by atoms with E-state index in [-0.39, 0.29) is 6.04 Å². The maximum absolute atomic E-state index is 5.94. The smallest absolute Gasteiger partial charge is 0.124 e. The highest BCUT2D eigenvalue weighted by molar-refractivity contribution is 7.98. The lowest BCUT2D eigenvalue weighted by atomic mass is 10.0. The largest absolute Gasteiger partial charge is 0.494 e. The molecular formula is C14H24N2OS. The minimum absolute atomic E-state index is 0.222. The number of para-hydroxylation sites is 1. The normalized spacial score (nSPS) is 12.7. The van der Waals surface area contributed by atoms with Crippen LogP contribution < -0.4 is 10.5 Å². The van der Waals surface area contributed by atoms with Gasteiger partial charge in [0.15, 0.2) is 0 Å². The zero-order valence-corrected chi connectivity index (χ0v) is 12.4. The Bertz CT molecular complexity index is 346. The molecule has 18 heavy (non-hydrogen) atoms. The molecular weight excluding hydrogens is 244 g/mol. The van der Waals surface area contributed by atoms with Crippen molar-refractivity contribution in [2.24, 2.45) is 5.73 Å². The predicted molar refractivity (Wildman–Crippen MR) is 80.4 cm³/mol. The second kappa shape index (κ2) is 8.40. The van der Waals surface area contributed by atoms with Crippen LogP contribution in [-0.4, -0.2) is 43.7 Å². The summed E-state index contributed by atoms with van der Waals surface area (Å²) in [7, 11) is 2.12. The fourth-order valence-electron chi connectivity index (χ4n) is 1.98. The molecule has 0 saturated heterocycles. The summed E-state index contributed by atoms with van der Waals surface area (Å²) in [4.78, 5) is 2.30. The van der Waals surface area contributed by atoms with Gasteiger partial charge in [-0.25, -0.2) is 0 Å². The van der Waals surface area contributed by atoms with Crippen molar-refractivity contribution in [1.29, 1.82) is 0 Å². The van der Waals surface area contributed by atoms with E-state index in [2.05, 4.69) is 24.3 Å². The number of thioether (sulfide) groups is 1. The first-order valence-corrected chi connectivity index (χ1v) is 7.74. The first kappa shape index (κ1) is 15.3. The van der Waals surface area contributed by atoms with E-state index in [0.29, 0.717) is 13.2 Å². The van der Waals surface area contributed by atoms with Crippen LogP contribution in [0.3, 0.4) is 0 Å². The first-order chi connectivity index (χ1) is 8.74. The van der Waals surface area contributed by atoms with Gasteiger partial charge in [-0.05, 0) is 26.3 Å². The number of nitrogens with zero attached hydrogens (tertiary/aromatic N) is 1. The SMILES string of the molecule is CCOc1ccccc1C(CN)N(C)CCSC. The first-order valence-electron chi connectivity index (χ1n) is 6.35. The molecule has 0 fully saturated rings. The molecule has 0 spiro atoms. The predicted octanol–water partition coefficient (Wildman–Crippen LogP) is 2.38. The minimum atomic E-state index is 0.222. The van der Waals surface area contributed by atoms with Gasteiger partial charge in [-0.15, -0.1) is 0 Å². The van der Waals surface area contributed by atoms with Gasteiger partial charge in [0.05, 0.1) is 12.6 Å². The number of nitrogens with two attached hydrogens (primary N) is 1. The molecule has 0 aliphatic heterocycles. The monoisotopic (exact) mass is 268 g/mol. The Labute approximate surface area is 115 Å². The van der Waals surface area contributed by atoms with Gasteiger partial charge in [0.1, 0.15) is 5.75 Å². The van der Waals surface area contributed by atoms with Crippen molar-refractivity contribution in [3.63, 3.8) is 0 Å². The Morgan fingerprint density at radius 3 is 2.72 bits per heavy atom. The lowest BCUT2D eigenvalue weighted by molar-refractivity contribution is 0.253. The number of likely N-dealkylation sites (N-methyl/N-ethyl adjacent to an activating group) is 1. The van der Waals surface area contributed by atoms with Crippen LogP contribution in [0.15, 0.2) is 24.3 Å². The molecule has 0 radical (unpaired) electrons. The fraction of sp³-hybridized carbons (Fsp3) is 0.571. The van der Waals surface area contributed by atoms with Gasteiger partial charge in [0.2, 0.25) is 0 Å². The van der Waals surface area contributed by atoms with Crippen LogP contribution in [0, 0.1) is 0 Å². The highest BCUT2D eigenvalue weighted by atomic mass is 32.2. The molecule has 0 amide bonds. The molecule has 0 heterocycles. The second-order valence-corrected chi connectivity index (χ2v) is 5.18. The van der Waals surface area contributed by atoms with E-state index in [0.717, 1.165) is 18.0 Å². The van der Waals surface area contributed by atoms with Crippen molar-refractivity contribution in [3.8, 4) is 5.75 Å². The lowest BCUT2D eigenvalue weighted by Crippen LogP contribution is -2.32. The van der Waals surface area contributed by atoms with Crippen molar-refractivity contribution >= 4 is 11.8 Å². The topological polar surface area (TPSA) is 38.5 Å². The highest BCUT2D eigenvalue weighted by Crippen LogP contribution is 2.28. The molecule has 2 N–H and O–H groups in total. The van der Waals surface area contributed by atoms with Gasteiger partial charge < -0.3 is 10.5 Å². The number of benzene rings is 1. The van der Waals surface area contributed by atoms with E-state index in [1.165, 1.54) is 5.56 Å². The number of hydrogen-bond acceptors (Lipinski definition) is 4. The van der Waals surface area contributed by atoms with Gasteiger partial charge in [-0.1, -0.05) is 18.2 Å². The summed E-state index contributed by atoms with van der Waals surface area (Å²) in [6, 6.07) is 8.40. The zero-order chi connectivity index (χ0) is 13.4. The summed E-state index contributed by atoms with van der Waals surface area (Å²) in [6.45, 7) is 4.33. The van der Waals surface area contributed by atoms with Gasteiger partial charge >= 0.3 is 0 Å². The number of hydrogen-bond donors (Lipinski definition) is 1. The average Bonchev–Trinajstić information content (AvgIpc) is 2.39. The molecule has 0 aliphatic carbocycles. The van der Waals surface area contributed by atoms with Gasteiger partial charge in [0, 0.05) is 24.4 Å². The molecule has 4 heteroatoms. The maximum Gasteiger partial charge on any atom is 0.124 e.